The van der Waals surface area contributed by atoms with E-state index in [4.69, 9.17) is 10.1 Å². The van der Waals surface area contributed by atoms with E-state index in [-0.39, 0.29) is 17.2 Å². The minimum atomic E-state index is -0.742. The molecule has 1 aliphatic heterocycles. The van der Waals surface area contributed by atoms with Crippen LogP contribution in [0.2, 0.25) is 0 Å². The molecule has 2 aliphatic rings. The first-order chi connectivity index (χ1) is 19.0. The number of fused-ring (bicyclic) bond motifs is 2. The van der Waals surface area contributed by atoms with Gasteiger partial charge in [0.2, 0.25) is 5.95 Å². The third kappa shape index (κ3) is 4.13. The maximum absolute atomic E-state index is 13.7. The van der Waals surface area contributed by atoms with Crippen LogP contribution in [0.5, 0.6) is 0 Å². The molecule has 0 spiro atoms. The maximum Gasteiger partial charge on any atom is 0.257 e. The molecule has 7 rings (SSSR count). The molecule has 0 fully saturated rings. The minimum absolute atomic E-state index is 0.130. The first-order valence-electron chi connectivity index (χ1n) is 12.3. The van der Waals surface area contributed by atoms with E-state index in [2.05, 4.69) is 36.9 Å². The van der Waals surface area contributed by atoms with Gasteiger partial charge in [0.05, 0.1) is 24.1 Å². The Hall–Kier alpha value is -5.19. The van der Waals surface area contributed by atoms with Crippen molar-refractivity contribution < 1.29 is 13.6 Å². The Morgan fingerprint density at radius 1 is 1.00 bits per heavy atom. The third-order valence-electron chi connectivity index (χ3n) is 6.78. The number of halogens is 2. The van der Waals surface area contributed by atoms with Crippen molar-refractivity contribution in [3.05, 3.63) is 108 Å². The highest BCUT2D eigenvalue weighted by molar-refractivity contribution is 6.03. The van der Waals surface area contributed by atoms with Gasteiger partial charge in [0, 0.05) is 42.2 Å². The molecule has 192 valence electrons. The van der Waals surface area contributed by atoms with Gasteiger partial charge in [-0.25, -0.2) is 23.9 Å². The van der Waals surface area contributed by atoms with Crippen LogP contribution in [0.15, 0.2) is 84.8 Å². The standard InChI is InChI=1S/C28H20F2N8O/c29-19-6-4-17(5-7-19)26-27(37-13-12-36(16-25(37)34-26)20-2-1-3-20)21-8-9-24-32-23(15-38(24)35-21)33-28(39)18-10-11-31-22(30)14-18/h1-11,14-15H,12-13,16H2,(H,33,39). The lowest BCUT2D eigenvalue weighted by atomic mass is 10.1. The van der Waals surface area contributed by atoms with Crippen LogP contribution in [-0.2, 0) is 13.1 Å². The fraction of sp³-hybridized carbons (Fsp3) is 0.107. The fourth-order valence-electron chi connectivity index (χ4n) is 4.81. The molecule has 1 N–H and O–H groups in total. The van der Waals surface area contributed by atoms with Crippen LogP contribution >= 0.6 is 0 Å². The van der Waals surface area contributed by atoms with Gasteiger partial charge in [-0.05, 0) is 54.6 Å². The summed E-state index contributed by atoms with van der Waals surface area (Å²) in [5, 5.41) is 7.46. The zero-order valence-corrected chi connectivity index (χ0v) is 20.4. The van der Waals surface area contributed by atoms with E-state index in [9.17, 15) is 13.6 Å². The number of carbonyl (C=O) groups is 1. The lowest BCUT2D eigenvalue weighted by Crippen LogP contribution is -2.33. The Morgan fingerprint density at radius 3 is 2.62 bits per heavy atom. The first-order valence-corrected chi connectivity index (χ1v) is 12.3. The van der Waals surface area contributed by atoms with Gasteiger partial charge in [-0.2, -0.15) is 9.49 Å². The number of nitrogens with zero attached hydrogens (tertiary/aromatic N) is 7. The Bertz CT molecular complexity index is 1820. The van der Waals surface area contributed by atoms with Crippen LogP contribution in [0.25, 0.3) is 28.3 Å². The molecular formula is C28H20F2N8O. The van der Waals surface area contributed by atoms with Crippen molar-refractivity contribution in [2.75, 3.05) is 11.9 Å². The van der Waals surface area contributed by atoms with Gasteiger partial charge in [-0.15, -0.1) is 0 Å². The van der Waals surface area contributed by atoms with Crippen molar-refractivity contribution in [1.82, 2.24) is 34.0 Å². The minimum Gasteiger partial charge on any atom is -0.362 e. The fourth-order valence-corrected chi connectivity index (χ4v) is 4.81. The molecule has 5 heterocycles. The third-order valence-corrected chi connectivity index (χ3v) is 6.78. The highest BCUT2D eigenvalue weighted by atomic mass is 19.1. The zero-order chi connectivity index (χ0) is 26.5. The molecular weight excluding hydrogens is 502 g/mol. The summed E-state index contributed by atoms with van der Waals surface area (Å²) in [6.07, 6.45) is 9.00. The molecule has 1 aliphatic carbocycles. The Morgan fingerprint density at radius 2 is 1.85 bits per heavy atom. The number of amides is 1. The predicted octanol–water partition coefficient (Wildman–Crippen LogP) is 4.45. The molecule has 0 saturated carbocycles. The van der Waals surface area contributed by atoms with Gasteiger partial charge >= 0.3 is 0 Å². The lowest BCUT2D eigenvalue weighted by molar-refractivity contribution is 0.102. The second kappa shape index (κ2) is 8.98. The monoisotopic (exact) mass is 522 g/mol. The predicted molar refractivity (Wildman–Crippen MR) is 139 cm³/mol. The van der Waals surface area contributed by atoms with Crippen LogP contribution in [0.1, 0.15) is 16.2 Å². The molecule has 9 nitrogen and oxygen atoms in total. The van der Waals surface area contributed by atoms with Gasteiger partial charge in [-0.1, -0.05) is 6.08 Å². The smallest absolute Gasteiger partial charge is 0.257 e. The molecule has 0 saturated heterocycles. The van der Waals surface area contributed by atoms with E-state index in [1.165, 1.54) is 30.1 Å². The number of aromatic nitrogens is 6. The van der Waals surface area contributed by atoms with Gasteiger partial charge in [0.15, 0.2) is 11.5 Å². The molecule has 5 aromatic rings. The second-order valence-corrected chi connectivity index (χ2v) is 9.22. The van der Waals surface area contributed by atoms with Crippen molar-refractivity contribution in [1.29, 1.82) is 0 Å². The second-order valence-electron chi connectivity index (χ2n) is 9.22. The lowest BCUT2D eigenvalue weighted by Gasteiger charge is -2.32. The van der Waals surface area contributed by atoms with Gasteiger partial charge < -0.3 is 14.8 Å². The number of anilines is 1. The van der Waals surface area contributed by atoms with Crippen molar-refractivity contribution in [2.24, 2.45) is 0 Å². The number of nitrogens with one attached hydrogen (secondary N) is 1. The quantitative estimate of drug-likeness (QED) is 0.343. The number of allylic oxidation sites excluding steroid dienone is 3. The average Bonchev–Trinajstić information content (AvgIpc) is 3.48. The summed E-state index contributed by atoms with van der Waals surface area (Å²) in [5.74, 6) is -0.408. The number of hydrogen-bond acceptors (Lipinski definition) is 6. The molecule has 11 heteroatoms. The first kappa shape index (κ1) is 23.0. The molecule has 1 aromatic carbocycles. The molecule has 39 heavy (non-hydrogen) atoms. The van der Waals surface area contributed by atoms with Crippen LogP contribution in [0.4, 0.5) is 14.6 Å². The zero-order valence-electron chi connectivity index (χ0n) is 20.4. The summed E-state index contributed by atoms with van der Waals surface area (Å²) in [7, 11) is 0. The molecule has 0 bridgehead atoms. The van der Waals surface area contributed by atoms with E-state index in [0.717, 1.165) is 29.7 Å². The number of carbonyl (C=O) groups excluding carboxylic acids is 1. The van der Waals surface area contributed by atoms with E-state index < -0.39 is 11.9 Å². The van der Waals surface area contributed by atoms with E-state index in [1.54, 1.807) is 28.9 Å². The van der Waals surface area contributed by atoms with E-state index in [0.29, 0.717) is 30.1 Å². The summed E-state index contributed by atoms with van der Waals surface area (Å²) in [4.78, 5) is 27.7. The highest BCUT2D eigenvalue weighted by Gasteiger charge is 2.27. The number of pyridine rings is 1. The maximum atomic E-state index is 13.7. The van der Waals surface area contributed by atoms with Gasteiger partial charge in [0.1, 0.15) is 17.3 Å². The average molecular weight is 523 g/mol. The number of hydrogen-bond donors (Lipinski definition) is 1. The van der Waals surface area contributed by atoms with E-state index in [1.807, 2.05) is 12.1 Å². The number of imidazole rings is 2. The number of rotatable bonds is 5. The number of benzene rings is 1. The Labute approximate surface area is 220 Å². The topological polar surface area (TPSA) is 93.2 Å². The Kier molecular flexibility index (Phi) is 5.29. The van der Waals surface area contributed by atoms with Crippen molar-refractivity contribution in [2.45, 2.75) is 13.1 Å². The van der Waals surface area contributed by atoms with Crippen LogP contribution in [0.3, 0.4) is 0 Å². The van der Waals surface area contributed by atoms with Crippen LogP contribution in [0, 0.1) is 11.8 Å². The summed E-state index contributed by atoms with van der Waals surface area (Å²) in [6.45, 7) is 2.16. The van der Waals surface area contributed by atoms with E-state index >= 15 is 0 Å². The largest absolute Gasteiger partial charge is 0.362 e. The van der Waals surface area contributed by atoms with Crippen molar-refractivity contribution >= 4 is 17.4 Å². The summed E-state index contributed by atoms with van der Waals surface area (Å²) in [6, 6.07) is 12.4. The normalized spacial score (nSPS) is 14.2. The van der Waals surface area contributed by atoms with Gasteiger partial charge in [-0.3, -0.25) is 4.79 Å². The SMILES string of the molecule is O=C(Nc1cn2nc(-c3c(-c4ccc(F)cc4)nc4n3CCN(C3=CC=C3)C4)ccc2n1)c1ccnc(F)c1. The van der Waals surface area contributed by atoms with Crippen molar-refractivity contribution in [3.63, 3.8) is 0 Å². The molecule has 0 atom stereocenters. The summed E-state index contributed by atoms with van der Waals surface area (Å²) >= 11 is 0. The van der Waals surface area contributed by atoms with Crippen LogP contribution in [-0.4, -0.2) is 46.5 Å². The van der Waals surface area contributed by atoms with Gasteiger partial charge in [0.25, 0.3) is 5.91 Å². The Balaban J connectivity index is 1.26. The summed E-state index contributed by atoms with van der Waals surface area (Å²) < 4.78 is 30.9. The highest BCUT2D eigenvalue weighted by Crippen LogP contribution is 2.35. The molecule has 4 aromatic heterocycles. The molecule has 0 radical (unpaired) electrons. The molecule has 1 amide bonds. The van der Waals surface area contributed by atoms with Crippen molar-refractivity contribution in [3.8, 4) is 22.6 Å². The van der Waals surface area contributed by atoms with Crippen LogP contribution < -0.4 is 5.32 Å². The summed E-state index contributed by atoms with van der Waals surface area (Å²) in [5.41, 5.74) is 4.80. The molecule has 0 unspecified atom stereocenters.